The Morgan fingerprint density at radius 1 is 1.04 bits per heavy atom. The fourth-order valence-electron chi connectivity index (χ4n) is 2.19. The Balaban J connectivity index is 2.03. The van der Waals surface area contributed by atoms with Crippen LogP contribution in [0.5, 0.6) is 0 Å². The van der Waals surface area contributed by atoms with Crippen LogP contribution < -0.4 is 5.32 Å². The van der Waals surface area contributed by atoms with E-state index < -0.39 is 0 Å². The number of urea groups is 1. The summed E-state index contributed by atoms with van der Waals surface area (Å²) in [7, 11) is 4.95. The zero-order valence-corrected chi connectivity index (χ0v) is 13.9. The van der Waals surface area contributed by atoms with E-state index in [1.165, 1.54) is 21.9 Å². The maximum Gasteiger partial charge on any atom is 0.321 e. The van der Waals surface area contributed by atoms with Gasteiger partial charge in [-0.25, -0.2) is 9.18 Å². The van der Waals surface area contributed by atoms with Crippen LogP contribution in [0.25, 0.3) is 0 Å². The molecule has 0 aliphatic rings. The number of anilines is 1. The van der Waals surface area contributed by atoms with Crippen LogP contribution >= 0.6 is 0 Å². The number of nitrogens with one attached hydrogen (secondary N) is 1. The van der Waals surface area contributed by atoms with E-state index in [4.69, 9.17) is 0 Å². The number of amides is 3. The Kier molecular flexibility index (Phi) is 5.52. The minimum Gasteiger partial charge on any atom is -0.345 e. The molecule has 2 aromatic carbocycles. The topological polar surface area (TPSA) is 52.7 Å². The molecule has 0 saturated heterocycles. The monoisotopic (exact) mass is 329 g/mol. The molecule has 0 saturated carbocycles. The van der Waals surface area contributed by atoms with Gasteiger partial charge in [0.05, 0.1) is 0 Å². The van der Waals surface area contributed by atoms with E-state index in [2.05, 4.69) is 5.32 Å². The summed E-state index contributed by atoms with van der Waals surface area (Å²) in [5.41, 5.74) is 1.72. The van der Waals surface area contributed by atoms with Crippen molar-refractivity contribution in [1.82, 2.24) is 9.80 Å². The predicted octanol–water partition coefficient (Wildman–Crippen LogP) is 3.19. The smallest absolute Gasteiger partial charge is 0.321 e. The van der Waals surface area contributed by atoms with Crippen molar-refractivity contribution >= 4 is 17.6 Å². The largest absolute Gasteiger partial charge is 0.345 e. The molecule has 0 spiro atoms. The molecule has 0 fully saturated rings. The molecule has 0 aliphatic carbocycles. The van der Waals surface area contributed by atoms with Crippen molar-refractivity contribution in [1.29, 1.82) is 0 Å². The van der Waals surface area contributed by atoms with E-state index in [1.807, 2.05) is 0 Å². The van der Waals surface area contributed by atoms with Crippen molar-refractivity contribution in [2.45, 2.75) is 6.54 Å². The Morgan fingerprint density at radius 2 is 1.75 bits per heavy atom. The minimum atomic E-state index is -0.339. The molecule has 2 rings (SSSR count). The first-order chi connectivity index (χ1) is 11.4. The van der Waals surface area contributed by atoms with E-state index in [1.54, 1.807) is 57.5 Å². The maximum absolute atomic E-state index is 13.2. The molecule has 0 radical (unpaired) electrons. The quantitative estimate of drug-likeness (QED) is 0.936. The van der Waals surface area contributed by atoms with Crippen molar-refractivity contribution in [3.05, 3.63) is 65.5 Å². The van der Waals surface area contributed by atoms with Gasteiger partial charge in [-0.15, -0.1) is 0 Å². The first-order valence-electron chi connectivity index (χ1n) is 7.45. The van der Waals surface area contributed by atoms with Gasteiger partial charge in [0.15, 0.2) is 0 Å². The molecule has 6 heteroatoms. The van der Waals surface area contributed by atoms with Crippen LogP contribution in [-0.4, -0.2) is 42.9 Å². The standard InChI is InChI=1S/C18H20FN3O2/c1-21(2)17(23)14-7-5-9-16(11-14)20-18(24)22(3)12-13-6-4-8-15(19)10-13/h4-11H,12H2,1-3H3,(H,20,24). The average Bonchev–Trinajstić information content (AvgIpc) is 2.54. The lowest BCUT2D eigenvalue weighted by molar-refractivity contribution is 0.0827. The second kappa shape index (κ2) is 7.59. The molecule has 1 N–H and O–H groups in total. The molecule has 0 bridgehead atoms. The van der Waals surface area contributed by atoms with Gasteiger partial charge in [0, 0.05) is 38.9 Å². The number of carbonyl (C=O) groups excluding carboxylic acids is 2. The normalized spacial score (nSPS) is 10.2. The maximum atomic E-state index is 13.2. The highest BCUT2D eigenvalue weighted by Crippen LogP contribution is 2.13. The van der Waals surface area contributed by atoms with Crippen molar-refractivity contribution in [3.8, 4) is 0 Å². The molecule has 5 nitrogen and oxygen atoms in total. The van der Waals surface area contributed by atoms with E-state index in [-0.39, 0.29) is 24.3 Å². The molecule has 0 aromatic heterocycles. The summed E-state index contributed by atoms with van der Waals surface area (Å²) in [6.45, 7) is 0.278. The summed E-state index contributed by atoms with van der Waals surface area (Å²) in [5.74, 6) is -0.476. The van der Waals surface area contributed by atoms with Gasteiger partial charge < -0.3 is 15.1 Å². The second-order valence-electron chi connectivity index (χ2n) is 5.70. The zero-order valence-electron chi connectivity index (χ0n) is 13.9. The van der Waals surface area contributed by atoms with Gasteiger partial charge in [-0.3, -0.25) is 4.79 Å². The van der Waals surface area contributed by atoms with Crippen molar-refractivity contribution in [3.63, 3.8) is 0 Å². The Labute approximate surface area is 140 Å². The third-order valence-electron chi connectivity index (χ3n) is 3.42. The third-order valence-corrected chi connectivity index (χ3v) is 3.42. The molecule has 0 aliphatic heterocycles. The van der Waals surface area contributed by atoms with Gasteiger partial charge in [-0.05, 0) is 35.9 Å². The number of hydrogen-bond acceptors (Lipinski definition) is 2. The van der Waals surface area contributed by atoms with Crippen molar-refractivity contribution in [2.75, 3.05) is 26.5 Å². The molecule has 126 valence electrons. The molecule has 2 aromatic rings. The Morgan fingerprint density at radius 3 is 2.42 bits per heavy atom. The SMILES string of the molecule is CN(C)C(=O)c1cccc(NC(=O)N(C)Cc2cccc(F)c2)c1. The fraction of sp³-hybridized carbons (Fsp3) is 0.222. The molecule has 0 unspecified atom stereocenters. The zero-order chi connectivity index (χ0) is 17.7. The summed E-state index contributed by atoms with van der Waals surface area (Å²) < 4.78 is 13.2. The second-order valence-corrected chi connectivity index (χ2v) is 5.70. The lowest BCUT2D eigenvalue weighted by Gasteiger charge is -2.18. The van der Waals surface area contributed by atoms with Crippen LogP contribution in [0.15, 0.2) is 48.5 Å². The predicted molar refractivity (Wildman–Crippen MR) is 91.3 cm³/mol. The van der Waals surface area contributed by atoms with E-state index >= 15 is 0 Å². The van der Waals surface area contributed by atoms with E-state index in [0.717, 1.165) is 0 Å². The fourth-order valence-corrected chi connectivity index (χ4v) is 2.19. The molecular formula is C18H20FN3O2. The lowest BCUT2D eigenvalue weighted by atomic mass is 10.2. The highest BCUT2D eigenvalue weighted by atomic mass is 19.1. The van der Waals surface area contributed by atoms with Crippen LogP contribution in [-0.2, 0) is 6.54 Å². The van der Waals surface area contributed by atoms with E-state index in [9.17, 15) is 14.0 Å². The van der Waals surface area contributed by atoms with Crippen molar-refractivity contribution < 1.29 is 14.0 Å². The van der Waals surface area contributed by atoms with Crippen LogP contribution in [0, 0.1) is 5.82 Å². The van der Waals surface area contributed by atoms with Crippen LogP contribution in [0.4, 0.5) is 14.9 Å². The van der Waals surface area contributed by atoms with Crippen LogP contribution in [0.3, 0.4) is 0 Å². The lowest BCUT2D eigenvalue weighted by Crippen LogP contribution is -2.31. The van der Waals surface area contributed by atoms with Crippen molar-refractivity contribution in [2.24, 2.45) is 0 Å². The number of carbonyl (C=O) groups is 2. The third kappa shape index (κ3) is 4.55. The van der Waals surface area contributed by atoms with Crippen LogP contribution in [0.2, 0.25) is 0 Å². The molecular weight excluding hydrogens is 309 g/mol. The van der Waals surface area contributed by atoms with E-state index in [0.29, 0.717) is 16.8 Å². The first kappa shape index (κ1) is 17.5. The first-order valence-corrected chi connectivity index (χ1v) is 7.45. The van der Waals surface area contributed by atoms with Crippen LogP contribution in [0.1, 0.15) is 15.9 Å². The summed E-state index contributed by atoms with van der Waals surface area (Å²) in [5, 5.41) is 2.73. The highest BCUT2D eigenvalue weighted by molar-refractivity contribution is 5.96. The molecule has 24 heavy (non-hydrogen) atoms. The summed E-state index contributed by atoms with van der Waals surface area (Å²) in [4.78, 5) is 27.1. The molecule has 3 amide bonds. The Bertz CT molecular complexity index is 747. The van der Waals surface area contributed by atoms with Gasteiger partial charge >= 0.3 is 6.03 Å². The van der Waals surface area contributed by atoms with Gasteiger partial charge in [0.25, 0.3) is 5.91 Å². The van der Waals surface area contributed by atoms with Gasteiger partial charge in [-0.1, -0.05) is 18.2 Å². The number of hydrogen-bond donors (Lipinski definition) is 1. The summed E-state index contributed by atoms with van der Waals surface area (Å²) in [6, 6.07) is 12.5. The number of halogens is 1. The van der Waals surface area contributed by atoms with Gasteiger partial charge in [0.2, 0.25) is 0 Å². The minimum absolute atomic E-state index is 0.140. The average molecular weight is 329 g/mol. The number of nitrogens with zero attached hydrogens (tertiary/aromatic N) is 2. The summed E-state index contributed by atoms with van der Waals surface area (Å²) in [6.07, 6.45) is 0. The van der Waals surface area contributed by atoms with Gasteiger partial charge in [0.1, 0.15) is 5.82 Å². The summed E-state index contributed by atoms with van der Waals surface area (Å²) >= 11 is 0. The highest BCUT2D eigenvalue weighted by Gasteiger charge is 2.12. The molecule has 0 atom stereocenters. The molecule has 0 heterocycles. The number of rotatable bonds is 4. The number of benzene rings is 2. The Hall–Kier alpha value is -2.89. The van der Waals surface area contributed by atoms with Gasteiger partial charge in [-0.2, -0.15) is 0 Å².